The summed E-state index contributed by atoms with van der Waals surface area (Å²) in [5, 5.41) is 3.46. The second kappa shape index (κ2) is 4.32. The Bertz CT molecular complexity index is 501. The second-order valence-corrected chi connectivity index (χ2v) is 7.70. The number of likely N-dealkylation sites (tertiary alicyclic amines) is 1. The Morgan fingerprint density at radius 2 is 2.16 bits per heavy atom. The fraction of sp³-hybridized carbons (Fsp3) is 0.667. The summed E-state index contributed by atoms with van der Waals surface area (Å²) in [5.41, 5.74) is 1.20. The quantitative estimate of drug-likeness (QED) is 0.856. The van der Waals surface area contributed by atoms with Crippen molar-refractivity contribution in [2.45, 2.75) is 33.2 Å². The third-order valence-electron chi connectivity index (χ3n) is 4.98. The number of aryl methyl sites for hydroxylation is 2. The maximum atomic E-state index is 12.8. The van der Waals surface area contributed by atoms with Gasteiger partial charge in [-0.05, 0) is 51.2 Å². The number of nitrogens with zero attached hydrogens (tertiary/aromatic N) is 1. The average Bonchev–Trinajstić information content (AvgIpc) is 2.98. The van der Waals surface area contributed by atoms with Crippen LogP contribution in [-0.2, 0) is 0 Å². The van der Waals surface area contributed by atoms with E-state index < -0.39 is 0 Å². The van der Waals surface area contributed by atoms with Gasteiger partial charge in [0.25, 0.3) is 5.91 Å². The van der Waals surface area contributed by atoms with Crippen LogP contribution in [0.25, 0.3) is 0 Å². The van der Waals surface area contributed by atoms with Gasteiger partial charge in [-0.25, -0.2) is 0 Å². The summed E-state index contributed by atoms with van der Waals surface area (Å²) in [6, 6.07) is 2.05. The maximum absolute atomic E-state index is 12.8. The number of carbonyl (C=O) groups is 1. The van der Waals surface area contributed by atoms with Crippen molar-refractivity contribution < 1.29 is 4.79 Å². The molecule has 0 aliphatic carbocycles. The number of thiophene rings is 1. The van der Waals surface area contributed by atoms with E-state index in [0.717, 1.165) is 24.5 Å². The number of amides is 1. The zero-order valence-corrected chi connectivity index (χ0v) is 12.9. The molecular weight excluding hydrogens is 256 g/mol. The first-order valence-corrected chi connectivity index (χ1v) is 7.82. The second-order valence-electron chi connectivity index (χ2n) is 6.44. The van der Waals surface area contributed by atoms with Crippen molar-refractivity contribution in [1.29, 1.82) is 0 Å². The minimum Gasteiger partial charge on any atom is -0.332 e. The highest BCUT2D eigenvalue weighted by molar-refractivity contribution is 7.14. The Labute approximate surface area is 119 Å². The zero-order valence-electron chi connectivity index (χ0n) is 12.1. The van der Waals surface area contributed by atoms with E-state index in [-0.39, 0.29) is 11.4 Å². The van der Waals surface area contributed by atoms with Gasteiger partial charge in [-0.2, -0.15) is 0 Å². The van der Waals surface area contributed by atoms with Crippen LogP contribution in [0.5, 0.6) is 0 Å². The molecule has 3 rings (SSSR count). The lowest BCUT2D eigenvalue weighted by Gasteiger charge is -2.35. The molecule has 1 amide bonds. The fourth-order valence-corrected chi connectivity index (χ4v) is 4.56. The highest BCUT2D eigenvalue weighted by Crippen LogP contribution is 2.41. The van der Waals surface area contributed by atoms with Gasteiger partial charge in [-0.3, -0.25) is 4.79 Å². The van der Waals surface area contributed by atoms with Crippen LogP contribution in [0.15, 0.2) is 6.07 Å². The van der Waals surface area contributed by atoms with Crippen molar-refractivity contribution in [3.8, 4) is 0 Å². The van der Waals surface area contributed by atoms with Crippen molar-refractivity contribution in [3.63, 3.8) is 0 Å². The molecule has 1 N–H and O–H groups in total. The van der Waals surface area contributed by atoms with Crippen LogP contribution in [0.1, 0.15) is 34.0 Å². The van der Waals surface area contributed by atoms with Crippen molar-refractivity contribution in [2.75, 3.05) is 19.6 Å². The number of hydrogen-bond donors (Lipinski definition) is 1. The molecule has 0 saturated carbocycles. The van der Waals surface area contributed by atoms with Gasteiger partial charge < -0.3 is 10.2 Å². The van der Waals surface area contributed by atoms with E-state index in [0.29, 0.717) is 11.8 Å². The first-order valence-electron chi connectivity index (χ1n) is 7.01. The number of nitrogens with one attached hydrogen (secondary N) is 1. The molecule has 2 saturated heterocycles. The molecule has 0 bridgehead atoms. The summed E-state index contributed by atoms with van der Waals surface area (Å²) in [5.74, 6) is 1.44. The Kier molecular flexibility index (Phi) is 2.98. The van der Waals surface area contributed by atoms with Gasteiger partial charge in [0.05, 0.1) is 4.88 Å². The predicted octanol–water partition coefficient (Wildman–Crippen LogP) is 2.43. The summed E-state index contributed by atoms with van der Waals surface area (Å²) >= 11 is 1.63. The van der Waals surface area contributed by atoms with E-state index in [9.17, 15) is 4.79 Å². The van der Waals surface area contributed by atoms with Crippen LogP contribution < -0.4 is 5.32 Å². The monoisotopic (exact) mass is 278 g/mol. The topological polar surface area (TPSA) is 32.3 Å². The summed E-state index contributed by atoms with van der Waals surface area (Å²) in [4.78, 5) is 17.0. The Morgan fingerprint density at radius 3 is 2.74 bits per heavy atom. The molecule has 0 aromatic carbocycles. The number of carbonyl (C=O) groups excluding carboxylic acids is 1. The van der Waals surface area contributed by atoms with Gasteiger partial charge in [0.15, 0.2) is 0 Å². The summed E-state index contributed by atoms with van der Waals surface area (Å²) < 4.78 is 0. The summed E-state index contributed by atoms with van der Waals surface area (Å²) in [6.07, 6.45) is 0. The van der Waals surface area contributed by atoms with Crippen LogP contribution in [-0.4, -0.2) is 36.0 Å². The molecule has 104 valence electrons. The molecule has 1 aromatic rings. The molecule has 2 unspecified atom stereocenters. The molecule has 2 fully saturated rings. The molecule has 3 nitrogen and oxygen atoms in total. The number of rotatable bonds is 1. The molecule has 0 radical (unpaired) electrons. The lowest BCUT2D eigenvalue weighted by molar-refractivity contribution is 0.0608. The van der Waals surface area contributed by atoms with Gasteiger partial charge in [0.2, 0.25) is 0 Å². The van der Waals surface area contributed by atoms with Gasteiger partial charge in [0, 0.05) is 30.1 Å². The van der Waals surface area contributed by atoms with Gasteiger partial charge in [-0.1, -0.05) is 0 Å². The summed E-state index contributed by atoms with van der Waals surface area (Å²) in [7, 11) is 0. The lowest BCUT2D eigenvalue weighted by Crippen LogP contribution is -2.47. The lowest BCUT2D eigenvalue weighted by atomic mass is 9.85. The van der Waals surface area contributed by atoms with E-state index in [4.69, 9.17) is 0 Å². The first-order chi connectivity index (χ1) is 8.91. The predicted molar refractivity (Wildman–Crippen MR) is 78.8 cm³/mol. The Morgan fingerprint density at radius 1 is 1.42 bits per heavy atom. The van der Waals surface area contributed by atoms with Gasteiger partial charge in [-0.15, -0.1) is 11.3 Å². The van der Waals surface area contributed by atoms with E-state index in [1.807, 2.05) is 6.07 Å². The van der Waals surface area contributed by atoms with Gasteiger partial charge >= 0.3 is 0 Å². The Hall–Kier alpha value is -0.870. The molecular formula is C15H22N2OS. The van der Waals surface area contributed by atoms with Crippen LogP contribution in [0.4, 0.5) is 0 Å². The molecule has 19 heavy (non-hydrogen) atoms. The minimum absolute atomic E-state index is 0.0307. The van der Waals surface area contributed by atoms with E-state index in [1.54, 1.807) is 11.3 Å². The average molecular weight is 278 g/mol. The van der Waals surface area contributed by atoms with Crippen molar-refractivity contribution in [1.82, 2.24) is 10.2 Å². The van der Waals surface area contributed by atoms with Crippen molar-refractivity contribution in [2.24, 2.45) is 11.8 Å². The van der Waals surface area contributed by atoms with Crippen molar-refractivity contribution in [3.05, 3.63) is 21.4 Å². The summed E-state index contributed by atoms with van der Waals surface area (Å²) in [6.45, 7) is 11.6. The molecule has 3 heterocycles. The molecule has 0 spiro atoms. The van der Waals surface area contributed by atoms with Crippen LogP contribution in [0.2, 0.25) is 0 Å². The van der Waals surface area contributed by atoms with Crippen molar-refractivity contribution >= 4 is 17.2 Å². The molecule has 2 atom stereocenters. The van der Waals surface area contributed by atoms with Crippen LogP contribution in [0, 0.1) is 25.7 Å². The molecule has 2 aliphatic heterocycles. The first kappa shape index (κ1) is 13.1. The highest BCUT2D eigenvalue weighted by Gasteiger charge is 2.51. The minimum atomic E-state index is -0.0307. The zero-order chi connectivity index (χ0) is 13.8. The van der Waals surface area contributed by atoms with E-state index >= 15 is 0 Å². The van der Waals surface area contributed by atoms with Crippen LogP contribution in [0.3, 0.4) is 0 Å². The SMILES string of the molecule is Cc1cc(C(=O)N2CC3CNCC3C2(C)C)sc1C. The largest absolute Gasteiger partial charge is 0.332 e. The fourth-order valence-electron chi connectivity index (χ4n) is 3.58. The number of hydrogen-bond acceptors (Lipinski definition) is 3. The highest BCUT2D eigenvalue weighted by atomic mass is 32.1. The van der Waals surface area contributed by atoms with E-state index in [1.165, 1.54) is 10.4 Å². The normalized spacial score (nSPS) is 28.7. The third-order valence-corrected chi connectivity index (χ3v) is 6.12. The standard InChI is InChI=1S/C15H22N2OS/c1-9-5-13(19-10(9)2)14(18)17-8-11-6-16-7-12(11)15(17,3)4/h5,11-12,16H,6-8H2,1-4H3. The molecule has 1 aromatic heterocycles. The maximum Gasteiger partial charge on any atom is 0.264 e. The molecule has 4 heteroatoms. The third kappa shape index (κ3) is 1.93. The van der Waals surface area contributed by atoms with E-state index in [2.05, 4.69) is 37.9 Å². The smallest absolute Gasteiger partial charge is 0.264 e. The molecule has 2 aliphatic rings. The van der Waals surface area contributed by atoms with Crippen LogP contribution >= 0.6 is 11.3 Å². The number of fused-ring (bicyclic) bond motifs is 1. The van der Waals surface area contributed by atoms with Gasteiger partial charge in [0.1, 0.15) is 0 Å². The Balaban J connectivity index is 1.88.